The van der Waals surface area contributed by atoms with Crippen LogP contribution in [0.5, 0.6) is 0 Å². The van der Waals surface area contributed by atoms with E-state index in [0.29, 0.717) is 18.1 Å². The standard InChI is InChI=1S/C20H25ClO3/c21-17-12-8-15(9-13-17)7-10-16-11-14-19(22)18(16)5-3-1-2-4-6-20(23)24/h7-10,12-13,16,18H,1-6,11,14H2,(H,23,24). The van der Waals surface area contributed by atoms with Crippen LogP contribution in [0, 0.1) is 11.8 Å². The summed E-state index contributed by atoms with van der Waals surface area (Å²) in [6.45, 7) is 0. The smallest absolute Gasteiger partial charge is 0.303 e. The number of halogens is 1. The zero-order valence-corrected chi connectivity index (χ0v) is 14.7. The molecular weight excluding hydrogens is 324 g/mol. The second-order valence-electron chi connectivity index (χ2n) is 6.53. The minimum atomic E-state index is -0.728. The van der Waals surface area contributed by atoms with Crippen LogP contribution in [0.1, 0.15) is 56.9 Å². The van der Waals surface area contributed by atoms with Crippen LogP contribution < -0.4 is 0 Å². The molecule has 0 aromatic heterocycles. The fraction of sp³-hybridized carbons (Fsp3) is 0.500. The van der Waals surface area contributed by atoms with E-state index in [1.54, 1.807) is 0 Å². The second-order valence-corrected chi connectivity index (χ2v) is 6.97. The topological polar surface area (TPSA) is 54.4 Å². The maximum absolute atomic E-state index is 12.1. The highest BCUT2D eigenvalue weighted by Crippen LogP contribution is 2.34. The molecule has 4 heteroatoms. The molecule has 1 saturated carbocycles. The molecule has 2 unspecified atom stereocenters. The Kier molecular flexibility index (Phi) is 7.51. The average molecular weight is 349 g/mol. The van der Waals surface area contributed by atoms with Gasteiger partial charge in [-0.2, -0.15) is 0 Å². The Morgan fingerprint density at radius 1 is 1.17 bits per heavy atom. The van der Waals surface area contributed by atoms with E-state index in [-0.39, 0.29) is 12.3 Å². The maximum Gasteiger partial charge on any atom is 0.303 e. The van der Waals surface area contributed by atoms with Crippen molar-refractivity contribution in [1.82, 2.24) is 0 Å². The predicted octanol–water partition coefficient (Wildman–Crippen LogP) is 5.37. The molecule has 2 atom stereocenters. The van der Waals surface area contributed by atoms with Gasteiger partial charge in [-0.25, -0.2) is 0 Å². The summed E-state index contributed by atoms with van der Waals surface area (Å²) >= 11 is 5.89. The van der Waals surface area contributed by atoms with E-state index in [1.165, 1.54) is 0 Å². The van der Waals surface area contributed by atoms with Crippen molar-refractivity contribution in [2.24, 2.45) is 11.8 Å². The number of hydrogen-bond acceptors (Lipinski definition) is 2. The number of rotatable bonds is 9. The van der Waals surface area contributed by atoms with E-state index in [2.05, 4.69) is 12.2 Å². The van der Waals surface area contributed by atoms with Gasteiger partial charge in [0.1, 0.15) is 5.78 Å². The molecular formula is C20H25ClO3. The summed E-state index contributed by atoms with van der Waals surface area (Å²) in [5.74, 6) is 0.111. The van der Waals surface area contributed by atoms with Crippen LogP contribution in [-0.4, -0.2) is 16.9 Å². The van der Waals surface area contributed by atoms with Crippen molar-refractivity contribution in [2.75, 3.05) is 0 Å². The average Bonchev–Trinajstić information content (AvgIpc) is 2.90. The molecule has 130 valence electrons. The third kappa shape index (κ3) is 6.12. The van der Waals surface area contributed by atoms with Gasteiger partial charge in [-0.15, -0.1) is 0 Å². The first-order valence-corrected chi connectivity index (χ1v) is 9.12. The van der Waals surface area contributed by atoms with E-state index in [0.717, 1.165) is 49.1 Å². The van der Waals surface area contributed by atoms with Gasteiger partial charge in [-0.3, -0.25) is 9.59 Å². The SMILES string of the molecule is O=C(O)CCCCCCC1C(=O)CCC1C=Cc1ccc(Cl)cc1. The molecule has 1 aromatic carbocycles. The van der Waals surface area contributed by atoms with Crippen molar-refractivity contribution in [1.29, 1.82) is 0 Å². The zero-order chi connectivity index (χ0) is 17.4. The van der Waals surface area contributed by atoms with Gasteiger partial charge in [0.05, 0.1) is 0 Å². The predicted molar refractivity (Wildman–Crippen MR) is 97.0 cm³/mol. The first-order chi connectivity index (χ1) is 11.6. The van der Waals surface area contributed by atoms with Gasteiger partial charge in [0.25, 0.3) is 0 Å². The Morgan fingerprint density at radius 2 is 1.88 bits per heavy atom. The van der Waals surface area contributed by atoms with Crippen molar-refractivity contribution in [3.8, 4) is 0 Å². The Bertz CT molecular complexity index is 577. The number of aliphatic carboxylic acids is 1. The van der Waals surface area contributed by atoms with Crippen LogP contribution in [0.15, 0.2) is 30.3 Å². The first-order valence-electron chi connectivity index (χ1n) is 8.74. The molecule has 0 radical (unpaired) electrons. The molecule has 0 saturated heterocycles. The van der Waals surface area contributed by atoms with Gasteiger partial charge in [0.15, 0.2) is 0 Å². The van der Waals surface area contributed by atoms with Crippen molar-refractivity contribution in [2.45, 2.75) is 51.4 Å². The van der Waals surface area contributed by atoms with Crippen LogP contribution in [0.4, 0.5) is 0 Å². The summed E-state index contributed by atoms with van der Waals surface area (Å²) in [6, 6.07) is 7.70. The highest BCUT2D eigenvalue weighted by atomic mass is 35.5. The molecule has 0 spiro atoms. The summed E-state index contributed by atoms with van der Waals surface area (Å²) in [5, 5.41) is 9.35. The largest absolute Gasteiger partial charge is 0.481 e. The van der Waals surface area contributed by atoms with Crippen molar-refractivity contribution in [3.05, 3.63) is 40.9 Å². The van der Waals surface area contributed by atoms with Crippen LogP contribution in [0.3, 0.4) is 0 Å². The molecule has 1 aliphatic rings. The number of carboxylic acids is 1. The number of allylic oxidation sites excluding steroid dienone is 1. The fourth-order valence-corrected chi connectivity index (χ4v) is 3.47. The second kappa shape index (κ2) is 9.63. The summed E-state index contributed by atoms with van der Waals surface area (Å²) < 4.78 is 0. The normalized spacial score (nSPS) is 20.8. The highest BCUT2D eigenvalue weighted by Gasteiger charge is 2.32. The van der Waals surface area contributed by atoms with Crippen LogP contribution in [-0.2, 0) is 9.59 Å². The molecule has 0 heterocycles. The van der Waals surface area contributed by atoms with Gasteiger partial charge in [0.2, 0.25) is 0 Å². The summed E-state index contributed by atoms with van der Waals surface area (Å²) in [4.78, 5) is 22.6. The lowest BCUT2D eigenvalue weighted by atomic mass is 9.89. The number of carboxylic acid groups (broad SMARTS) is 1. The Balaban J connectivity index is 1.78. The number of carbonyl (C=O) groups excluding carboxylic acids is 1. The Hall–Kier alpha value is -1.61. The maximum atomic E-state index is 12.1. The molecule has 24 heavy (non-hydrogen) atoms. The quantitative estimate of drug-likeness (QED) is 0.610. The van der Waals surface area contributed by atoms with Crippen LogP contribution >= 0.6 is 11.6 Å². The minimum absolute atomic E-state index is 0.132. The lowest BCUT2D eigenvalue weighted by molar-refractivity contribution is -0.137. The van der Waals surface area contributed by atoms with Gasteiger partial charge in [0, 0.05) is 23.8 Å². The van der Waals surface area contributed by atoms with E-state index < -0.39 is 5.97 Å². The lowest BCUT2D eigenvalue weighted by Gasteiger charge is -2.14. The van der Waals surface area contributed by atoms with Crippen LogP contribution in [0.25, 0.3) is 6.08 Å². The lowest BCUT2D eigenvalue weighted by Crippen LogP contribution is -2.13. The van der Waals surface area contributed by atoms with E-state index in [1.807, 2.05) is 24.3 Å². The Labute approximate surface area is 148 Å². The number of hydrogen-bond donors (Lipinski definition) is 1. The first kappa shape index (κ1) is 18.7. The number of Topliss-reactive ketones (excluding diaryl/α,β-unsaturated/α-hetero) is 1. The number of unbranched alkanes of at least 4 members (excludes halogenated alkanes) is 3. The summed E-state index contributed by atoms with van der Waals surface area (Å²) in [7, 11) is 0. The third-order valence-corrected chi connectivity index (χ3v) is 4.97. The molecule has 0 amide bonds. The Morgan fingerprint density at radius 3 is 2.58 bits per heavy atom. The summed E-state index contributed by atoms with van der Waals surface area (Å²) in [6.07, 6.45) is 10.7. The van der Waals surface area contributed by atoms with E-state index in [9.17, 15) is 9.59 Å². The molecule has 3 nitrogen and oxygen atoms in total. The van der Waals surface area contributed by atoms with Gasteiger partial charge >= 0.3 is 5.97 Å². The van der Waals surface area contributed by atoms with Gasteiger partial charge < -0.3 is 5.11 Å². The van der Waals surface area contributed by atoms with Gasteiger partial charge in [-0.1, -0.05) is 55.1 Å². The highest BCUT2D eigenvalue weighted by molar-refractivity contribution is 6.30. The van der Waals surface area contributed by atoms with Crippen molar-refractivity contribution < 1.29 is 14.7 Å². The number of ketones is 1. The third-order valence-electron chi connectivity index (χ3n) is 4.72. The molecule has 1 N–H and O–H groups in total. The zero-order valence-electron chi connectivity index (χ0n) is 13.9. The van der Waals surface area contributed by atoms with Gasteiger partial charge in [-0.05, 0) is 42.9 Å². The number of carbonyl (C=O) groups is 2. The minimum Gasteiger partial charge on any atom is -0.481 e. The van der Waals surface area contributed by atoms with E-state index in [4.69, 9.17) is 16.7 Å². The monoisotopic (exact) mass is 348 g/mol. The van der Waals surface area contributed by atoms with E-state index >= 15 is 0 Å². The molecule has 1 aliphatic carbocycles. The molecule has 2 rings (SSSR count). The molecule has 0 aliphatic heterocycles. The molecule has 1 fully saturated rings. The fourth-order valence-electron chi connectivity index (χ4n) is 3.34. The molecule has 1 aromatic rings. The molecule has 0 bridgehead atoms. The summed E-state index contributed by atoms with van der Waals surface area (Å²) in [5.41, 5.74) is 1.10. The van der Waals surface area contributed by atoms with Crippen LogP contribution in [0.2, 0.25) is 5.02 Å². The van der Waals surface area contributed by atoms with Crippen molar-refractivity contribution in [3.63, 3.8) is 0 Å². The number of benzene rings is 1. The van der Waals surface area contributed by atoms with Crippen molar-refractivity contribution >= 4 is 29.4 Å².